The highest BCUT2D eigenvalue weighted by atomic mass is 32.1. The van der Waals surface area contributed by atoms with Gasteiger partial charge in [-0.25, -0.2) is 0 Å². The van der Waals surface area contributed by atoms with Crippen molar-refractivity contribution in [2.75, 3.05) is 4.90 Å². The lowest BCUT2D eigenvalue weighted by molar-refractivity contribution is 0.355. The lowest BCUT2D eigenvalue weighted by Gasteiger charge is -2.38. The summed E-state index contributed by atoms with van der Waals surface area (Å²) >= 11 is 1.97. The van der Waals surface area contributed by atoms with Crippen LogP contribution in [0.5, 0.6) is 0 Å². The van der Waals surface area contributed by atoms with E-state index in [1.807, 2.05) is 11.3 Å². The Morgan fingerprint density at radius 1 is 0.717 bits per heavy atom. The number of hydrogen-bond acceptors (Lipinski definition) is 3. The largest absolute Gasteiger partial charge is 0.338 e. The highest BCUT2D eigenvalue weighted by molar-refractivity contribution is 7.19. The van der Waals surface area contributed by atoms with Crippen LogP contribution in [0.15, 0.2) is 187 Å². The Labute approximate surface area is 358 Å². The van der Waals surface area contributed by atoms with Gasteiger partial charge in [0.2, 0.25) is 0 Å². The first-order valence-electron chi connectivity index (χ1n) is 21.9. The Morgan fingerprint density at radius 2 is 1.52 bits per heavy atom. The highest BCUT2D eigenvalue weighted by Crippen LogP contribution is 2.59. The fourth-order valence-electron chi connectivity index (χ4n) is 11.1. The van der Waals surface area contributed by atoms with E-state index in [0.717, 1.165) is 32.1 Å². The van der Waals surface area contributed by atoms with Crippen molar-refractivity contribution in [3.8, 4) is 22.3 Å². The molecule has 292 valence electrons. The van der Waals surface area contributed by atoms with E-state index in [1.54, 1.807) is 0 Å². The number of thiophene rings is 1. The Balaban J connectivity index is 0.910. The molecule has 0 saturated carbocycles. The molecule has 60 heavy (non-hydrogen) atoms. The van der Waals surface area contributed by atoms with Gasteiger partial charge in [0.05, 0.1) is 12.1 Å². The number of fused-ring (bicyclic) bond motifs is 9. The molecule has 6 aromatic rings. The fourth-order valence-corrected chi connectivity index (χ4v) is 12.4. The zero-order chi connectivity index (χ0) is 40.0. The van der Waals surface area contributed by atoms with E-state index in [9.17, 15) is 0 Å². The maximum Gasteiger partial charge on any atom is 0.0794 e. The van der Waals surface area contributed by atoms with Crippen molar-refractivity contribution in [1.82, 2.24) is 4.90 Å². The molecule has 2 nitrogen and oxygen atoms in total. The van der Waals surface area contributed by atoms with Crippen LogP contribution in [0.3, 0.4) is 0 Å². The van der Waals surface area contributed by atoms with Gasteiger partial charge in [0, 0.05) is 49.1 Å². The van der Waals surface area contributed by atoms with Gasteiger partial charge in [-0.3, -0.25) is 0 Å². The van der Waals surface area contributed by atoms with Gasteiger partial charge < -0.3 is 9.80 Å². The van der Waals surface area contributed by atoms with Gasteiger partial charge in [-0.1, -0.05) is 135 Å². The number of rotatable bonds is 6. The van der Waals surface area contributed by atoms with Crippen molar-refractivity contribution in [3.63, 3.8) is 0 Å². The summed E-state index contributed by atoms with van der Waals surface area (Å²) in [5.74, 6) is 0.254. The minimum Gasteiger partial charge on any atom is -0.338 e. The van der Waals surface area contributed by atoms with Crippen LogP contribution in [0.2, 0.25) is 0 Å². The van der Waals surface area contributed by atoms with Crippen LogP contribution in [0.1, 0.15) is 85.0 Å². The zero-order valence-corrected chi connectivity index (χ0v) is 35.1. The van der Waals surface area contributed by atoms with Gasteiger partial charge in [-0.05, 0) is 142 Å². The maximum absolute atomic E-state index is 2.64. The quantitative estimate of drug-likeness (QED) is 0.166. The molecule has 5 aromatic carbocycles. The molecule has 5 aliphatic carbocycles. The van der Waals surface area contributed by atoms with Crippen LogP contribution < -0.4 is 4.90 Å². The van der Waals surface area contributed by atoms with Crippen LogP contribution in [0, 0.1) is 0 Å². The summed E-state index contributed by atoms with van der Waals surface area (Å²) in [5.41, 5.74) is 19.1. The van der Waals surface area contributed by atoms with Crippen molar-refractivity contribution < 1.29 is 0 Å². The predicted octanol–water partition coefficient (Wildman–Crippen LogP) is 15.4. The molecule has 3 heteroatoms. The van der Waals surface area contributed by atoms with Crippen LogP contribution in [0.4, 0.5) is 11.4 Å². The van der Waals surface area contributed by atoms with E-state index >= 15 is 0 Å². The van der Waals surface area contributed by atoms with E-state index in [1.165, 1.54) is 93.4 Å². The predicted molar refractivity (Wildman–Crippen MR) is 254 cm³/mol. The summed E-state index contributed by atoms with van der Waals surface area (Å²) < 4.78 is 1.35. The molecular formula is C57H48N2S. The number of nitrogens with zero attached hydrogens (tertiary/aromatic N) is 2. The summed E-state index contributed by atoms with van der Waals surface area (Å²) in [6.45, 7) is 4.90. The topological polar surface area (TPSA) is 6.48 Å². The first kappa shape index (κ1) is 35.8. The van der Waals surface area contributed by atoms with E-state index < -0.39 is 0 Å². The second-order valence-electron chi connectivity index (χ2n) is 17.8. The second kappa shape index (κ2) is 14.0. The molecule has 3 unspecified atom stereocenters. The van der Waals surface area contributed by atoms with Gasteiger partial charge >= 0.3 is 0 Å². The van der Waals surface area contributed by atoms with E-state index in [0.29, 0.717) is 6.04 Å². The summed E-state index contributed by atoms with van der Waals surface area (Å²) in [7, 11) is 0. The van der Waals surface area contributed by atoms with E-state index in [2.05, 4.69) is 200 Å². The van der Waals surface area contributed by atoms with Crippen molar-refractivity contribution in [1.29, 1.82) is 0 Å². The number of allylic oxidation sites excluding steroid dienone is 9. The molecule has 0 radical (unpaired) electrons. The zero-order valence-electron chi connectivity index (χ0n) is 34.3. The molecule has 0 amide bonds. The Hall–Kier alpha value is -6.16. The van der Waals surface area contributed by atoms with Crippen molar-refractivity contribution in [2.24, 2.45) is 0 Å². The normalized spacial score (nSPS) is 21.6. The molecule has 0 saturated heterocycles. The van der Waals surface area contributed by atoms with Crippen molar-refractivity contribution in [3.05, 3.63) is 214 Å². The number of anilines is 2. The lowest BCUT2D eigenvalue weighted by atomic mass is 9.78. The van der Waals surface area contributed by atoms with Gasteiger partial charge in [0.1, 0.15) is 0 Å². The van der Waals surface area contributed by atoms with Gasteiger partial charge in [0.25, 0.3) is 0 Å². The van der Waals surface area contributed by atoms with E-state index in [4.69, 9.17) is 0 Å². The Kier molecular flexibility index (Phi) is 8.32. The van der Waals surface area contributed by atoms with Gasteiger partial charge in [0.15, 0.2) is 0 Å². The van der Waals surface area contributed by atoms with Crippen molar-refractivity contribution in [2.45, 2.75) is 69.4 Å². The van der Waals surface area contributed by atoms with Crippen LogP contribution in [0.25, 0.3) is 44.0 Å². The lowest BCUT2D eigenvalue weighted by Crippen LogP contribution is -2.34. The smallest absolute Gasteiger partial charge is 0.0794 e. The molecule has 2 heterocycles. The third-order valence-electron chi connectivity index (χ3n) is 14.0. The maximum atomic E-state index is 2.64. The van der Waals surface area contributed by atoms with Gasteiger partial charge in [-0.2, -0.15) is 0 Å². The molecule has 1 aromatic heterocycles. The Morgan fingerprint density at radius 3 is 2.33 bits per heavy atom. The monoisotopic (exact) mass is 792 g/mol. The molecular weight excluding hydrogens is 745 g/mol. The first-order valence-corrected chi connectivity index (χ1v) is 22.7. The van der Waals surface area contributed by atoms with Gasteiger partial charge in [-0.15, -0.1) is 11.3 Å². The third-order valence-corrected chi connectivity index (χ3v) is 15.3. The average molecular weight is 793 g/mol. The van der Waals surface area contributed by atoms with Crippen LogP contribution in [-0.4, -0.2) is 10.9 Å². The average Bonchev–Trinajstić information content (AvgIpc) is 3.92. The summed E-state index contributed by atoms with van der Waals surface area (Å²) in [6, 6.07) is 44.0. The molecule has 3 atom stereocenters. The van der Waals surface area contributed by atoms with Crippen molar-refractivity contribution >= 4 is 44.4 Å². The minimum atomic E-state index is -0.0902. The number of hydrogen-bond donors (Lipinski definition) is 0. The molecule has 0 N–H and O–H groups in total. The summed E-state index contributed by atoms with van der Waals surface area (Å²) in [4.78, 5) is 6.72. The third kappa shape index (κ3) is 5.59. The molecule has 0 fully saturated rings. The first-order chi connectivity index (χ1) is 29.5. The Bertz CT molecular complexity index is 2950. The fraction of sp³-hybridized carbons (Fsp3) is 0.193. The second-order valence-corrected chi connectivity index (χ2v) is 18.9. The van der Waals surface area contributed by atoms with E-state index in [-0.39, 0.29) is 17.4 Å². The minimum absolute atomic E-state index is 0.0902. The molecule has 12 rings (SSSR count). The molecule has 1 aliphatic heterocycles. The van der Waals surface area contributed by atoms with Crippen LogP contribution >= 0.6 is 11.3 Å². The summed E-state index contributed by atoms with van der Waals surface area (Å²) in [5, 5.41) is 1.35. The molecule has 0 spiro atoms. The highest BCUT2D eigenvalue weighted by Gasteiger charge is 2.44. The number of benzene rings is 5. The molecule has 0 bridgehead atoms. The standard InChI is InChI=1S/C57H48N2S/c1-57(2)51-35-40(23-27-45(51)46-28-26-44(36-52(46)57)58(41-17-9-4-10-18-41)42-19-11-5-12-20-42)39-24-31-53-49(33-39)47-29-30-48-50-34-38(37-15-7-3-8-16-37)25-32-54(50)60-56(48)55(47)59(53)43-21-13-6-14-22-43/h3-4,6-11,13-17,19-25,27,29-36,41,47,55H,5,12,18,26,28H2,1-2H3. The molecule has 6 aliphatic rings. The van der Waals surface area contributed by atoms with Crippen LogP contribution in [-0.2, 0) is 5.41 Å². The summed E-state index contributed by atoms with van der Waals surface area (Å²) in [6.07, 6.45) is 29.2. The SMILES string of the molecule is CC1(C)C2=C(CCC(N(C3=CCCC=C3)C3C=CC=CC3)=C2)c2ccc(-c3ccc4c(c3)C3C=Cc5c(sc6ccc(-c7ccccc7)cc56)C3N4c3ccccc3)cc21. The number of para-hydroxylation sites is 1.